The van der Waals surface area contributed by atoms with Crippen LogP contribution < -0.4 is 10.2 Å². The van der Waals surface area contributed by atoms with Gasteiger partial charge in [-0.1, -0.05) is 0 Å². The number of ether oxygens (including phenoxy) is 1. The number of nitrogens with zero attached hydrogens (tertiary/aromatic N) is 5. The molecule has 0 aromatic carbocycles. The van der Waals surface area contributed by atoms with E-state index in [1.807, 2.05) is 20.8 Å². The molecular weight excluding hydrogens is 332 g/mol. The lowest BCUT2D eigenvalue weighted by molar-refractivity contribution is 0.0285. The summed E-state index contributed by atoms with van der Waals surface area (Å²) in [4.78, 5) is 26.9. The number of amides is 1. The van der Waals surface area contributed by atoms with E-state index in [9.17, 15) is 4.79 Å². The zero-order chi connectivity index (χ0) is 19.3. The highest BCUT2D eigenvalue weighted by Crippen LogP contribution is 2.13. The first-order valence-electron chi connectivity index (χ1n) is 9.02. The van der Waals surface area contributed by atoms with E-state index in [0.717, 1.165) is 37.7 Å². The second-order valence-electron chi connectivity index (χ2n) is 8.09. The lowest BCUT2D eigenvalue weighted by Gasteiger charge is -2.35. The van der Waals surface area contributed by atoms with E-state index in [2.05, 4.69) is 39.2 Å². The number of piperazine rings is 1. The van der Waals surface area contributed by atoms with Crippen molar-refractivity contribution in [1.82, 2.24) is 25.1 Å². The van der Waals surface area contributed by atoms with E-state index in [1.54, 1.807) is 19.4 Å². The van der Waals surface area contributed by atoms with Gasteiger partial charge in [-0.25, -0.2) is 14.8 Å². The van der Waals surface area contributed by atoms with Crippen LogP contribution in [0.1, 0.15) is 26.3 Å². The van der Waals surface area contributed by atoms with Crippen molar-refractivity contribution in [2.45, 2.75) is 39.0 Å². The van der Waals surface area contributed by atoms with E-state index in [1.165, 1.54) is 4.90 Å². The Morgan fingerprint density at radius 3 is 2.54 bits per heavy atom. The van der Waals surface area contributed by atoms with Gasteiger partial charge in [0.25, 0.3) is 0 Å². The molecule has 1 atom stereocenters. The van der Waals surface area contributed by atoms with Gasteiger partial charge in [-0.05, 0) is 34.9 Å². The van der Waals surface area contributed by atoms with E-state index in [4.69, 9.17) is 4.74 Å². The number of hydrogen-bond acceptors (Lipinski definition) is 7. The molecule has 1 amide bonds. The molecule has 2 heterocycles. The molecule has 1 N–H and O–H groups in total. The molecule has 2 rings (SSSR count). The summed E-state index contributed by atoms with van der Waals surface area (Å²) in [5.41, 5.74) is 0.374. The van der Waals surface area contributed by atoms with Gasteiger partial charge in [0.05, 0.1) is 6.54 Å². The van der Waals surface area contributed by atoms with Crippen LogP contribution in [0.25, 0.3) is 0 Å². The quantitative estimate of drug-likeness (QED) is 0.841. The maximum atomic E-state index is 12.0. The molecule has 0 unspecified atom stereocenters. The summed E-state index contributed by atoms with van der Waals surface area (Å²) in [6, 6.07) is 0.403. The number of likely N-dealkylation sites (N-methyl/N-ethyl adjacent to an activating group) is 1. The monoisotopic (exact) mass is 364 g/mol. The Morgan fingerprint density at radius 2 is 1.96 bits per heavy atom. The lowest BCUT2D eigenvalue weighted by atomic mass is 10.2. The number of hydrogen-bond donors (Lipinski definition) is 1. The first kappa shape index (κ1) is 20.4. The van der Waals surface area contributed by atoms with Gasteiger partial charge in [0.15, 0.2) is 0 Å². The smallest absolute Gasteiger partial charge is 0.410 e. The summed E-state index contributed by atoms with van der Waals surface area (Å²) in [5, 5.41) is 3.52. The second-order valence-corrected chi connectivity index (χ2v) is 8.09. The fourth-order valence-electron chi connectivity index (χ4n) is 2.84. The molecular formula is C18H32N6O2. The molecule has 1 aliphatic rings. The third-order valence-electron chi connectivity index (χ3n) is 3.94. The van der Waals surface area contributed by atoms with Gasteiger partial charge >= 0.3 is 6.09 Å². The van der Waals surface area contributed by atoms with Crippen molar-refractivity contribution in [2.24, 2.45) is 0 Å². The van der Waals surface area contributed by atoms with E-state index in [-0.39, 0.29) is 6.09 Å². The van der Waals surface area contributed by atoms with Crippen molar-refractivity contribution < 1.29 is 9.53 Å². The van der Waals surface area contributed by atoms with E-state index in [0.29, 0.717) is 12.6 Å². The minimum atomic E-state index is -0.503. The molecule has 1 aromatic rings. The molecule has 1 fully saturated rings. The van der Waals surface area contributed by atoms with Crippen molar-refractivity contribution in [3.8, 4) is 0 Å². The predicted octanol–water partition coefficient (Wildman–Crippen LogP) is 1.18. The van der Waals surface area contributed by atoms with Gasteiger partial charge in [-0.3, -0.25) is 0 Å². The van der Waals surface area contributed by atoms with Crippen molar-refractivity contribution in [3.05, 3.63) is 18.0 Å². The van der Waals surface area contributed by atoms with Gasteiger partial charge in [-0.15, -0.1) is 0 Å². The molecule has 0 radical (unpaired) electrons. The van der Waals surface area contributed by atoms with E-state index >= 15 is 0 Å². The van der Waals surface area contributed by atoms with Gasteiger partial charge in [-0.2, -0.15) is 0 Å². The molecule has 0 saturated carbocycles. The van der Waals surface area contributed by atoms with Gasteiger partial charge < -0.3 is 24.8 Å². The molecule has 26 heavy (non-hydrogen) atoms. The summed E-state index contributed by atoms with van der Waals surface area (Å²) in [5.74, 6) is 0.735. The number of carbonyl (C=O) groups is 1. The van der Waals surface area contributed by atoms with Crippen LogP contribution in [0.4, 0.5) is 10.7 Å². The molecule has 1 saturated heterocycles. The first-order valence-corrected chi connectivity index (χ1v) is 9.02. The van der Waals surface area contributed by atoms with Crippen molar-refractivity contribution in [1.29, 1.82) is 0 Å². The summed E-state index contributed by atoms with van der Waals surface area (Å²) < 4.78 is 5.36. The van der Waals surface area contributed by atoms with Crippen molar-refractivity contribution >= 4 is 12.0 Å². The van der Waals surface area contributed by atoms with Crippen LogP contribution in [-0.4, -0.2) is 84.8 Å². The minimum Gasteiger partial charge on any atom is -0.444 e. The maximum absolute atomic E-state index is 12.0. The third-order valence-corrected chi connectivity index (χ3v) is 3.94. The number of nitrogens with one attached hydrogen (secondary N) is 1. The highest BCUT2D eigenvalue weighted by molar-refractivity contribution is 5.67. The largest absolute Gasteiger partial charge is 0.444 e. The SMILES string of the molecule is CN(C)C[C@H]1CN(c2ncc(CN(C)C(=O)OC(C)(C)C)cn2)CCN1. The number of rotatable bonds is 5. The van der Waals surface area contributed by atoms with Crippen LogP contribution in [0.3, 0.4) is 0 Å². The summed E-state index contributed by atoms with van der Waals surface area (Å²) in [7, 11) is 5.87. The van der Waals surface area contributed by atoms with Gasteiger partial charge in [0, 0.05) is 57.2 Å². The normalized spacial score (nSPS) is 18.1. The Labute approximate surface area is 156 Å². The fourth-order valence-corrected chi connectivity index (χ4v) is 2.84. The Kier molecular flexibility index (Phi) is 6.77. The van der Waals surface area contributed by atoms with Crippen LogP contribution in [-0.2, 0) is 11.3 Å². The number of carbonyl (C=O) groups excluding carboxylic acids is 1. The Bertz CT molecular complexity index is 584. The lowest BCUT2D eigenvalue weighted by Crippen LogP contribution is -2.54. The van der Waals surface area contributed by atoms with Crippen LogP contribution in [0, 0.1) is 0 Å². The first-order chi connectivity index (χ1) is 12.1. The molecule has 0 bridgehead atoms. The highest BCUT2D eigenvalue weighted by atomic mass is 16.6. The Balaban J connectivity index is 1.92. The molecule has 146 valence electrons. The van der Waals surface area contributed by atoms with Crippen LogP contribution in [0.5, 0.6) is 0 Å². The summed E-state index contributed by atoms with van der Waals surface area (Å²) >= 11 is 0. The van der Waals surface area contributed by atoms with Gasteiger partial charge in [0.2, 0.25) is 5.95 Å². The fraction of sp³-hybridized carbons (Fsp3) is 0.722. The molecule has 0 aliphatic carbocycles. The van der Waals surface area contributed by atoms with Crippen LogP contribution in [0.15, 0.2) is 12.4 Å². The van der Waals surface area contributed by atoms with E-state index < -0.39 is 5.60 Å². The Hall–Kier alpha value is -1.93. The zero-order valence-electron chi connectivity index (χ0n) is 16.8. The second kappa shape index (κ2) is 8.64. The van der Waals surface area contributed by atoms with Crippen LogP contribution >= 0.6 is 0 Å². The van der Waals surface area contributed by atoms with Crippen LogP contribution in [0.2, 0.25) is 0 Å². The van der Waals surface area contributed by atoms with Crippen molar-refractivity contribution in [3.63, 3.8) is 0 Å². The predicted molar refractivity (Wildman–Crippen MR) is 102 cm³/mol. The number of anilines is 1. The molecule has 1 aliphatic heterocycles. The average Bonchev–Trinajstić information content (AvgIpc) is 2.53. The standard InChI is InChI=1S/C18H32N6O2/c1-18(2,3)26-17(25)23(6)11-14-9-20-16(21-10-14)24-8-7-19-15(13-24)12-22(4)5/h9-10,15,19H,7-8,11-13H2,1-6H3/t15-/m0/s1. The highest BCUT2D eigenvalue weighted by Gasteiger charge is 2.22. The molecule has 8 nitrogen and oxygen atoms in total. The Morgan fingerprint density at radius 1 is 1.31 bits per heavy atom. The van der Waals surface area contributed by atoms with Gasteiger partial charge in [0.1, 0.15) is 5.60 Å². The topological polar surface area (TPSA) is 73.8 Å². The maximum Gasteiger partial charge on any atom is 0.410 e. The number of aromatic nitrogens is 2. The zero-order valence-corrected chi connectivity index (χ0v) is 16.8. The third kappa shape index (κ3) is 6.42. The minimum absolute atomic E-state index is 0.352. The molecule has 8 heteroatoms. The summed E-state index contributed by atoms with van der Waals surface area (Å²) in [6.45, 7) is 9.66. The molecule has 1 aromatic heterocycles. The molecule has 0 spiro atoms. The average molecular weight is 364 g/mol. The summed E-state index contributed by atoms with van der Waals surface area (Å²) in [6.07, 6.45) is 3.22. The van der Waals surface area contributed by atoms with Crippen molar-refractivity contribution in [2.75, 3.05) is 52.2 Å².